The highest BCUT2D eigenvalue weighted by molar-refractivity contribution is 6.30. The predicted molar refractivity (Wildman–Crippen MR) is 69.3 cm³/mol. The molecule has 0 spiro atoms. The average molecular weight is 242 g/mol. The van der Waals surface area contributed by atoms with Crippen molar-refractivity contribution in [3.05, 3.63) is 28.3 Å². The third kappa shape index (κ3) is 2.89. The molecular formula is C13H20ClNO. The predicted octanol–water partition coefficient (Wildman–Crippen LogP) is 3.62. The Morgan fingerprint density at radius 3 is 2.31 bits per heavy atom. The van der Waals surface area contributed by atoms with Crippen molar-refractivity contribution in [2.45, 2.75) is 39.0 Å². The molecule has 0 saturated heterocycles. The van der Waals surface area contributed by atoms with E-state index in [0.717, 1.165) is 17.5 Å². The molecule has 1 unspecified atom stereocenters. The molecule has 90 valence electrons. The molecule has 1 aromatic rings. The highest BCUT2D eigenvalue weighted by Gasteiger charge is 2.16. The highest BCUT2D eigenvalue weighted by Crippen LogP contribution is 2.37. The maximum atomic E-state index is 10.2. The summed E-state index contributed by atoms with van der Waals surface area (Å²) in [7, 11) is 0. The van der Waals surface area contributed by atoms with Crippen molar-refractivity contribution in [3.63, 3.8) is 0 Å². The van der Waals surface area contributed by atoms with E-state index in [1.807, 2.05) is 26.0 Å². The lowest BCUT2D eigenvalue weighted by Gasteiger charge is -2.17. The van der Waals surface area contributed by atoms with Gasteiger partial charge >= 0.3 is 0 Å². The lowest BCUT2D eigenvalue weighted by atomic mass is 9.91. The molecular weight excluding hydrogens is 222 g/mol. The second kappa shape index (κ2) is 5.55. The molecule has 0 fully saturated rings. The van der Waals surface area contributed by atoms with E-state index in [2.05, 4.69) is 6.92 Å². The minimum absolute atomic E-state index is 0.237. The quantitative estimate of drug-likeness (QED) is 0.846. The zero-order valence-corrected chi connectivity index (χ0v) is 10.9. The summed E-state index contributed by atoms with van der Waals surface area (Å²) < 4.78 is 0. The monoisotopic (exact) mass is 241 g/mol. The summed E-state index contributed by atoms with van der Waals surface area (Å²) >= 11 is 6.07. The van der Waals surface area contributed by atoms with Gasteiger partial charge in [0.05, 0.1) is 0 Å². The van der Waals surface area contributed by atoms with Crippen molar-refractivity contribution in [2.75, 3.05) is 6.54 Å². The van der Waals surface area contributed by atoms with Crippen LogP contribution in [-0.4, -0.2) is 11.7 Å². The first-order valence-electron chi connectivity index (χ1n) is 5.69. The molecule has 0 heterocycles. The van der Waals surface area contributed by atoms with E-state index >= 15 is 0 Å². The van der Waals surface area contributed by atoms with Crippen molar-refractivity contribution in [1.82, 2.24) is 0 Å². The van der Waals surface area contributed by atoms with Gasteiger partial charge in [0.2, 0.25) is 0 Å². The number of benzene rings is 1. The number of rotatable bonds is 4. The smallest absolute Gasteiger partial charge is 0.122 e. The number of phenolic OH excluding ortho intramolecular Hbond substituents is 1. The molecule has 0 amide bonds. The Morgan fingerprint density at radius 2 is 1.81 bits per heavy atom. The Kier molecular flexibility index (Phi) is 4.63. The van der Waals surface area contributed by atoms with Gasteiger partial charge in [0.1, 0.15) is 5.75 Å². The molecule has 1 atom stereocenters. The molecule has 16 heavy (non-hydrogen) atoms. The van der Waals surface area contributed by atoms with E-state index in [1.165, 1.54) is 0 Å². The molecule has 0 saturated carbocycles. The van der Waals surface area contributed by atoms with Gasteiger partial charge < -0.3 is 10.8 Å². The Hall–Kier alpha value is -0.730. The number of halogens is 1. The highest BCUT2D eigenvalue weighted by atomic mass is 35.5. The third-order valence-electron chi connectivity index (χ3n) is 2.89. The summed E-state index contributed by atoms with van der Waals surface area (Å²) in [6, 6.07) is 3.67. The second-order valence-electron chi connectivity index (χ2n) is 4.57. The lowest BCUT2D eigenvalue weighted by molar-refractivity contribution is 0.451. The summed E-state index contributed by atoms with van der Waals surface area (Å²) in [5.74, 6) is 0.879. The normalized spacial score (nSPS) is 13.1. The van der Waals surface area contributed by atoms with Gasteiger partial charge in [-0.2, -0.15) is 0 Å². The van der Waals surface area contributed by atoms with E-state index in [9.17, 15) is 5.11 Å². The maximum absolute atomic E-state index is 10.2. The first-order chi connectivity index (χ1) is 7.47. The van der Waals surface area contributed by atoms with Crippen LogP contribution in [0, 0.1) is 0 Å². The first kappa shape index (κ1) is 13.3. The van der Waals surface area contributed by atoms with Crippen LogP contribution in [0.4, 0.5) is 0 Å². The van der Waals surface area contributed by atoms with Crippen LogP contribution in [0.3, 0.4) is 0 Å². The summed E-state index contributed by atoms with van der Waals surface area (Å²) in [6.45, 7) is 6.76. The van der Waals surface area contributed by atoms with Crippen LogP contribution in [0.1, 0.15) is 50.2 Å². The van der Waals surface area contributed by atoms with Crippen molar-refractivity contribution in [2.24, 2.45) is 5.73 Å². The lowest BCUT2D eigenvalue weighted by Crippen LogP contribution is -2.05. The summed E-state index contributed by atoms with van der Waals surface area (Å²) in [5, 5.41) is 10.9. The van der Waals surface area contributed by atoms with E-state index in [4.69, 9.17) is 17.3 Å². The zero-order chi connectivity index (χ0) is 12.3. The summed E-state index contributed by atoms with van der Waals surface area (Å²) in [6.07, 6.45) is 0.853. The number of hydrogen-bond acceptors (Lipinski definition) is 2. The molecule has 1 rings (SSSR count). The Morgan fingerprint density at radius 1 is 1.25 bits per heavy atom. The third-order valence-corrected chi connectivity index (χ3v) is 3.10. The fourth-order valence-electron chi connectivity index (χ4n) is 1.86. The molecule has 0 radical (unpaired) electrons. The number of aromatic hydroxyl groups is 1. The largest absolute Gasteiger partial charge is 0.507 e. The van der Waals surface area contributed by atoms with Crippen LogP contribution in [0.25, 0.3) is 0 Å². The Labute approximate surface area is 102 Å². The van der Waals surface area contributed by atoms with E-state index in [-0.39, 0.29) is 11.8 Å². The molecule has 0 aliphatic rings. The topological polar surface area (TPSA) is 46.2 Å². The van der Waals surface area contributed by atoms with Gasteiger partial charge in [0.15, 0.2) is 0 Å². The molecule has 3 heteroatoms. The molecule has 0 bridgehead atoms. The fourth-order valence-corrected chi connectivity index (χ4v) is 2.10. The SMILES string of the molecule is CC(C)c1cc(Cl)cc(C(C)CCN)c1O. The van der Waals surface area contributed by atoms with Crippen molar-refractivity contribution < 1.29 is 5.11 Å². The van der Waals surface area contributed by atoms with Crippen LogP contribution >= 0.6 is 11.6 Å². The average Bonchev–Trinajstić information content (AvgIpc) is 2.20. The summed E-state index contributed by atoms with van der Waals surface area (Å²) in [5.41, 5.74) is 7.35. The van der Waals surface area contributed by atoms with Gasteiger partial charge in [-0.05, 0) is 48.1 Å². The van der Waals surface area contributed by atoms with E-state index < -0.39 is 0 Å². The number of phenols is 1. The van der Waals surface area contributed by atoms with Crippen LogP contribution in [0.15, 0.2) is 12.1 Å². The fraction of sp³-hybridized carbons (Fsp3) is 0.538. The van der Waals surface area contributed by atoms with Gasteiger partial charge in [-0.1, -0.05) is 32.4 Å². The standard InChI is InChI=1S/C13H20ClNO/c1-8(2)11-6-10(14)7-12(13(11)16)9(3)4-5-15/h6-9,16H,4-5,15H2,1-3H3. The van der Waals surface area contributed by atoms with Crippen LogP contribution in [0.2, 0.25) is 5.02 Å². The van der Waals surface area contributed by atoms with E-state index in [0.29, 0.717) is 17.3 Å². The zero-order valence-electron chi connectivity index (χ0n) is 10.1. The number of nitrogens with two attached hydrogens (primary N) is 1. The van der Waals surface area contributed by atoms with E-state index in [1.54, 1.807) is 0 Å². The Balaban J connectivity index is 3.18. The maximum Gasteiger partial charge on any atom is 0.122 e. The van der Waals surface area contributed by atoms with Crippen LogP contribution in [0.5, 0.6) is 5.75 Å². The Bertz CT molecular complexity index is 363. The van der Waals surface area contributed by atoms with Crippen molar-refractivity contribution in [3.8, 4) is 5.75 Å². The van der Waals surface area contributed by atoms with Crippen LogP contribution in [-0.2, 0) is 0 Å². The van der Waals surface area contributed by atoms with Gasteiger partial charge in [-0.25, -0.2) is 0 Å². The molecule has 0 aliphatic carbocycles. The van der Waals surface area contributed by atoms with Gasteiger partial charge in [0, 0.05) is 5.02 Å². The van der Waals surface area contributed by atoms with Crippen molar-refractivity contribution >= 4 is 11.6 Å². The second-order valence-corrected chi connectivity index (χ2v) is 5.00. The van der Waals surface area contributed by atoms with Crippen LogP contribution < -0.4 is 5.73 Å². The number of hydrogen-bond donors (Lipinski definition) is 2. The minimum Gasteiger partial charge on any atom is -0.507 e. The molecule has 2 nitrogen and oxygen atoms in total. The molecule has 0 aromatic heterocycles. The molecule has 3 N–H and O–H groups in total. The van der Waals surface area contributed by atoms with Crippen molar-refractivity contribution in [1.29, 1.82) is 0 Å². The first-order valence-corrected chi connectivity index (χ1v) is 6.07. The molecule has 1 aromatic carbocycles. The van der Waals surface area contributed by atoms with Gasteiger partial charge in [-0.15, -0.1) is 0 Å². The molecule has 0 aliphatic heterocycles. The minimum atomic E-state index is 0.237. The van der Waals surface area contributed by atoms with Gasteiger partial charge in [-0.3, -0.25) is 0 Å². The van der Waals surface area contributed by atoms with Gasteiger partial charge in [0.25, 0.3) is 0 Å². The summed E-state index contributed by atoms with van der Waals surface area (Å²) in [4.78, 5) is 0.